The van der Waals surface area contributed by atoms with E-state index in [2.05, 4.69) is 34.4 Å². The Bertz CT molecular complexity index is 1550. The van der Waals surface area contributed by atoms with Crippen LogP contribution >= 0.6 is 15.6 Å². The van der Waals surface area contributed by atoms with Crippen molar-refractivity contribution >= 4 is 44.6 Å². The number of amides is 2. The first-order chi connectivity index (χ1) is 20.4. The van der Waals surface area contributed by atoms with Crippen LogP contribution in [0.15, 0.2) is 11.1 Å². The molecule has 44 heavy (non-hydrogen) atoms. The van der Waals surface area contributed by atoms with Gasteiger partial charge in [0.25, 0.3) is 5.56 Å². The van der Waals surface area contributed by atoms with E-state index in [0.717, 1.165) is 17.8 Å². The molecule has 0 radical (unpaired) electrons. The molecule has 1 unspecified atom stereocenters. The maximum atomic E-state index is 12.4. The molecule has 2 saturated heterocycles. The number of aromatic nitrogens is 4. The molecule has 2 aliphatic rings. The average Bonchev–Trinajstić information content (AvgIpc) is 3.42. The second-order valence-corrected chi connectivity index (χ2v) is 12.8. The monoisotopic (exact) mass is 671 g/mol. The summed E-state index contributed by atoms with van der Waals surface area (Å²) in [5.74, 6) is -1.42. The van der Waals surface area contributed by atoms with Crippen molar-refractivity contribution in [1.29, 1.82) is 0 Å². The van der Waals surface area contributed by atoms with Gasteiger partial charge in [-0.1, -0.05) is 0 Å². The molecule has 2 fully saturated rings. The molecule has 0 spiro atoms. The summed E-state index contributed by atoms with van der Waals surface area (Å²) in [6, 6.07) is -2.32. The number of hydrogen-bond donors (Lipinski definition) is 9. The van der Waals surface area contributed by atoms with Gasteiger partial charge >= 0.3 is 15.6 Å². The molecule has 0 aromatic carbocycles. The van der Waals surface area contributed by atoms with E-state index in [1.807, 2.05) is 0 Å². The lowest BCUT2D eigenvalue weighted by atomic mass is 9.94. The van der Waals surface area contributed by atoms with Crippen LogP contribution in [0.3, 0.4) is 0 Å². The molecule has 2 aromatic heterocycles. The first-order valence-electron chi connectivity index (χ1n) is 12.7. The number of phosphoric acid groups is 2. The number of aromatic amines is 1. The fraction of sp³-hybridized carbons (Fsp3) is 0.650. The maximum absolute atomic E-state index is 12.4. The van der Waals surface area contributed by atoms with Crippen LogP contribution in [0.2, 0.25) is 0 Å². The second kappa shape index (κ2) is 12.9. The van der Waals surface area contributed by atoms with Crippen molar-refractivity contribution in [3.8, 4) is 0 Å². The lowest BCUT2D eigenvalue weighted by molar-refractivity contribution is -0.267. The van der Waals surface area contributed by atoms with E-state index in [9.17, 15) is 38.6 Å². The molecule has 4 heterocycles. The van der Waals surface area contributed by atoms with Gasteiger partial charge in [-0.25, -0.2) is 14.1 Å². The van der Waals surface area contributed by atoms with Gasteiger partial charge in [0, 0.05) is 13.8 Å². The molecule has 10 atom stereocenters. The van der Waals surface area contributed by atoms with Crippen molar-refractivity contribution < 1.29 is 66.7 Å². The molecule has 22 nitrogen and oxygen atoms in total. The SMILES string of the molecule is CC(=O)N[C@@H]1[C@@H](O[C@@H]2[C@H](O)[C@@H](COP(=O)(O)OP(=O)(O)O)O[C@H]2n2cnc3c(=O)[nH]c(N)nc32)O[C@H](C)[C@H](NC(C)=O)[C@@H]1O. The summed E-state index contributed by atoms with van der Waals surface area (Å²) in [4.78, 5) is 73.8. The van der Waals surface area contributed by atoms with E-state index in [1.165, 1.54) is 13.8 Å². The fourth-order valence-electron chi connectivity index (χ4n) is 4.82. The number of aliphatic hydroxyl groups excluding tert-OH is 2. The number of aliphatic hydroxyl groups is 2. The highest BCUT2D eigenvalue weighted by Gasteiger charge is 2.52. The average molecular weight is 671 g/mol. The Hall–Kier alpha value is -2.85. The van der Waals surface area contributed by atoms with Gasteiger partial charge in [0.1, 0.15) is 30.5 Å². The number of ether oxygens (including phenoxy) is 3. The highest BCUT2D eigenvalue weighted by molar-refractivity contribution is 7.60. The molecule has 24 heteroatoms. The summed E-state index contributed by atoms with van der Waals surface area (Å²) in [5.41, 5.74) is 4.62. The number of rotatable bonds is 10. The van der Waals surface area contributed by atoms with Crippen molar-refractivity contribution in [2.45, 2.75) is 75.9 Å². The summed E-state index contributed by atoms with van der Waals surface area (Å²) in [6.45, 7) is 2.88. The lowest BCUT2D eigenvalue weighted by Gasteiger charge is -2.45. The van der Waals surface area contributed by atoms with E-state index in [0.29, 0.717) is 0 Å². The number of carbonyl (C=O) groups excluding carboxylic acids is 2. The van der Waals surface area contributed by atoms with Gasteiger partial charge in [0.15, 0.2) is 23.7 Å². The zero-order valence-electron chi connectivity index (χ0n) is 23.1. The quantitative estimate of drug-likeness (QED) is 0.112. The van der Waals surface area contributed by atoms with Crippen molar-refractivity contribution in [2.24, 2.45) is 0 Å². The van der Waals surface area contributed by atoms with Crippen LogP contribution in [0.4, 0.5) is 5.95 Å². The first kappa shape index (κ1) is 34.0. The van der Waals surface area contributed by atoms with Gasteiger partial charge in [-0.2, -0.15) is 9.29 Å². The molecule has 10 N–H and O–H groups in total. The summed E-state index contributed by atoms with van der Waals surface area (Å²) in [5, 5.41) is 27.3. The minimum atomic E-state index is -5.47. The summed E-state index contributed by atoms with van der Waals surface area (Å²) < 4.78 is 50.3. The number of fused-ring (bicyclic) bond motifs is 1. The zero-order chi connectivity index (χ0) is 32.7. The number of nitrogen functional groups attached to an aromatic ring is 1. The summed E-state index contributed by atoms with van der Waals surface area (Å²) >= 11 is 0. The van der Waals surface area contributed by atoms with Crippen LogP contribution in [0.5, 0.6) is 0 Å². The fourth-order valence-corrected chi connectivity index (χ4v) is 6.42. The van der Waals surface area contributed by atoms with E-state index in [1.54, 1.807) is 0 Å². The minimum Gasteiger partial charge on any atom is -0.389 e. The van der Waals surface area contributed by atoms with E-state index in [4.69, 9.17) is 29.7 Å². The smallest absolute Gasteiger partial charge is 0.389 e. The molecule has 246 valence electrons. The molecule has 2 amide bonds. The van der Waals surface area contributed by atoms with Crippen molar-refractivity contribution in [3.05, 3.63) is 16.7 Å². The predicted molar refractivity (Wildman–Crippen MR) is 142 cm³/mol. The molecule has 0 bridgehead atoms. The standard InChI is InChI=1S/C20H31N7O15P2/c1-6-10(23-7(2)28)14(31)11(24-8(3)29)19(39-6)41-15-13(30)9(4-38-44(36,37)42-43(33,34)35)40-18(15)27-5-22-12-16(27)25-20(21)26-17(12)32/h5-6,9-11,13-15,18-19,30-31H,4H2,1-3H3,(H,23,28)(H,24,29)(H,36,37)(H2,33,34,35)(H3,21,25,26,32)/t6-,9-,10+,11+,13-,14+,15-,18-,19-/m1/s1. The first-order valence-corrected chi connectivity index (χ1v) is 15.7. The molecule has 4 rings (SSSR count). The molecular formula is C20H31N7O15P2. The van der Waals surface area contributed by atoms with Crippen LogP contribution in [-0.2, 0) is 41.8 Å². The van der Waals surface area contributed by atoms with Gasteiger partial charge < -0.3 is 55.5 Å². The second-order valence-electron chi connectivity index (χ2n) is 9.92. The number of phosphoric ester groups is 1. The van der Waals surface area contributed by atoms with Gasteiger partial charge in [-0.15, -0.1) is 0 Å². The number of nitrogens with one attached hydrogen (secondary N) is 3. The predicted octanol–water partition coefficient (Wildman–Crippen LogP) is -3.31. The Morgan fingerprint density at radius 3 is 2.36 bits per heavy atom. The molecule has 0 saturated carbocycles. The number of hydrogen-bond acceptors (Lipinski definition) is 15. The third-order valence-corrected chi connectivity index (χ3v) is 8.72. The normalized spacial score (nSPS) is 32.3. The maximum Gasteiger partial charge on any atom is 0.481 e. The van der Waals surface area contributed by atoms with Gasteiger partial charge in [-0.3, -0.25) is 28.5 Å². The van der Waals surface area contributed by atoms with Crippen molar-refractivity contribution in [3.63, 3.8) is 0 Å². The van der Waals surface area contributed by atoms with Crippen molar-refractivity contribution in [2.75, 3.05) is 12.3 Å². The third-order valence-electron chi connectivity index (χ3n) is 6.56. The summed E-state index contributed by atoms with van der Waals surface area (Å²) in [6.07, 6.45) is -9.17. The number of anilines is 1. The highest BCUT2D eigenvalue weighted by atomic mass is 31.3. The number of nitrogens with two attached hydrogens (primary N) is 1. The van der Waals surface area contributed by atoms with E-state index >= 15 is 0 Å². The van der Waals surface area contributed by atoms with Gasteiger partial charge in [0.2, 0.25) is 17.8 Å². The highest BCUT2D eigenvalue weighted by Crippen LogP contribution is 2.57. The number of carbonyl (C=O) groups is 2. The van der Waals surface area contributed by atoms with Gasteiger partial charge in [0.05, 0.1) is 25.1 Å². The zero-order valence-corrected chi connectivity index (χ0v) is 24.9. The third kappa shape index (κ3) is 7.68. The Kier molecular flexibility index (Phi) is 9.95. The molecule has 2 aliphatic heterocycles. The van der Waals surface area contributed by atoms with Crippen LogP contribution in [0.25, 0.3) is 11.2 Å². The Labute approximate surface area is 246 Å². The van der Waals surface area contributed by atoms with E-state index in [-0.39, 0.29) is 17.1 Å². The van der Waals surface area contributed by atoms with Crippen LogP contribution < -0.4 is 21.9 Å². The molecule has 2 aromatic rings. The number of nitrogens with zero attached hydrogens (tertiary/aromatic N) is 3. The Balaban J connectivity index is 1.69. The largest absolute Gasteiger partial charge is 0.481 e. The minimum absolute atomic E-state index is 0.140. The molecular weight excluding hydrogens is 640 g/mol. The van der Waals surface area contributed by atoms with Crippen molar-refractivity contribution in [1.82, 2.24) is 30.2 Å². The summed E-state index contributed by atoms with van der Waals surface area (Å²) in [7, 11) is -10.8. The van der Waals surface area contributed by atoms with Crippen LogP contribution in [-0.4, -0.2) is 112 Å². The molecule has 0 aliphatic carbocycles. The van der Waals surface area contributed by atoms with Crippen LogP contribution in [0, 0.1) is 0 Å². The van der Waals surface area contributed by atoms with Crippen LogP contribution in [0.1, 0.15) is 27.0 Å². The number of imidazole rings is 1. The topological polar surface area (TPSA) is 329 Å². The Morgan fingerprint density at radius 2 is 1.75 bits per heavy atom. The van der Waals surface area contributed by atoms with Gasteiger partial charge in [-0.05, 0) is 6.92 Å². The Morgan fingerprint density at radius 1 is 1.11 bits per heavy atom. The number of H-pyrrole nitrogens is 1. The lowest BCUT2D eigenvalue weighted by Crippen LogP contribution is -2.68. The van der Waals surface area contributed by atoms with E-state index < -0.39 is 94.7 Å².